The molecule has 0 amide bonds. The van der Waals surface area contributed by atoms with Gasteiger partial charge in [0.15, 0.2) is 0 Å². The Morgan fingerprint density at radius 3 is 2.50 bits per heavy atom. The van der Waals surface area contributed by atoms with Crippen LogP contribution < -0.4 is 5.30 Å². The van der Waals surface area contributed by atoms with Crippen LogP contribution in [0.15, 0.2) is 47.5 Å². The molecular formula is C14H12NP. The van der Waals surface area contributed by atoms with Crippen molar-refractivity contribution in [3.8, 4) is 11.1 Å². The first-order valence-corrected chi connectivity index (χ1v) is 5.92. The molecule has 1 atom stereocenters. The van der Waals surface area contributed by atoms with Gasteiger partial charge >= 0.3 is 0 Å². The maximum atomic E-state index is 4.37. The number of rotatable bonds is 1. The highest BCUT2D eigenvalue weighted by Crippen LogP contribution is 2.29. The molecule has 1 heterocycles. The molecule has 0 N–H and O–H groups in total. The molecule has 0 aromatic heterocycles. The molecule has 0 bridgehead atoms. The van der Waals surface area contributed by atoms with Gasteiger partial charge in [0.25, 0.3) is 0 Å². The van der Waals surface area contributed by atoms with Crippen LogP contribution in [-0.2, 0) is 6.42 Å². The van der Waals surface area contributed by atoms with Crippen LogP contribution in [0.2, 0.25) is 0 Å². The third-order valence-electron chi connectivity index (χ3n) is 2.87. The molecule has 0 saturated carbocycles. The van der Waals surface area contributed by atoms with Crippen molar-refractivity contribution in [2.45, 2.75) is 6.42 Å². The summed E-state index contributed by atoms with van der Waals surface area (Å²) >= 11 is 0. The normalized spacial score (nSPS) is 12.8. The van der Waals surface area contributed by atoms with Crippen LogP contribution in [0.25, 0.3) is 11.1 Å². The summed E-state index contributed by atoms with van der Waals surface area (Å²) in [7, 11) is 2.70. The first-order chi connectivity index (χ1) is 7.83. The maximum absolute atomic E-state index is 4.37. The summed E-state index contributed by atoms with van der Waals surface area (Å²) in [5.74, 6) is 0. The van der Waals surface area contributed by atoms with Crippen molar-refractivity contribution in [2.75, 3.05) is 0 Å². The van der Waals surface area contributed by atoms with Gasteiger partial charge in [0, 0.05) is 12.6 Å². The van der Waals surface area contributed by atoms with Crippen LogP contribution in [0.4, 0.5) is 5.69 Å². The van der Waals surface area contributed by atoms with Crippen LogP contribution in [0.3, 0.4) is 0 Å². The molecule has 1 aliphatic rings. The third-order valence-corrected chi connectivity index (χ3v) is 3.26. The zero-order valence-electron chi connectivity index (χ0n) is 8.85. The lowest BCUT2D eigenvalue weighted by Crippen LogP contribution is -1.88. The molecule has 1 nitrogen and oxygen atoms in total. The van der Waals surface area contributed by atoms with Crippen molar-refractivity contribution in [3.05, 3.63) is 48.0 Å². The van der Waals surface area contributed by atoms with Gasteiger partial charge in [-0.1, -0.05) is 36.4 Å². The van der Waals surface area contributed by atoms with Crippen molar-refractivity contribution in [2.24, 2.45) is 4.99 Å². The molecule has 3 rings (SSSR count). The van der Waals surface area contributed by atoms with Crippen molar-refractivity contribution < 1.29 is 0 Å². The van der Waals surface area contributed by atoms with Crippen molar-refractivity contribution in [1.82, 2.24) is 0 Å². The van der Waals surface area contributed by atoms with Crippen LogP contribution in [0.5, 0.6) is 0 Å². The fraction of sp³-hybridized carbons (Fsp3) is 0.0714. The molecule has 0 fully saturated rings. The molecule has 16 heavy (non-hydrogen) atoms. The zero-order valence-corrected chi connectivity index (χ0v) is 10.0. The topological polar surface area (TPSA) is 12.4 Å². The van der Waals surface area contributed by atoms with Gasteiger partial charge < -0.3 is 0 Å². The summed E-state index contributed by atoms with van der Waals surface area (Å²) in [5.41, 5.74) is 4.93. The molecule has 0 aliphatic carbocycles. The Balaban J connectivity index is 2.07. The summed E-state index contributed by atoms with van der Waals surface area (Å²) in [5, 5.41) is 1.21. The fourth-order valence-electron chi connectivity index (χ4n) is 1.95. The Hall–Kier alpha value is -1.46. The van der Waals surface area contributed by atoms with E-state index < -0.39 is 0 Å². The summed E-state index contributed by atoms with van der Waals surface area (Å²) in [6.07, 6.45) is 2.94. The Morgan fingerprint density at radius 2 is 1.69 bits per heavy atom. The summed E-state index contributed by atoms with van der Waals surface area (Å²) < 4.78 is 0. The number of benzene rings is 2. The van der Waals surface area contributed by atoms with E-state index in [0.29, 0.717) is 0 Å². The predicted octanol–water partition coefficient (Wildman–Crippen LogP) is 3.11. The second kappa shape index (κ2) is 3.84. The van der Waals surface area contributed by atoms with Gasteiger partial charge in [0.2, 0.25) is 0 Å². The Morgan fingerprint density at radius 1 is 0.938 bits per heavy atom. The van der Waals surface area contributed by atoms with Gasteiger partial charge in [-0.05, 0) is 28.1 Å². The number of aliphatic imine (C=N–C) groups is 1. The molecule has 2 aromatic rings. The van der Waals surface area contributed by atoms with E-state index in [2.05, 4.69) is 56.7 Å². The predicted molar refractivity (Wildman–Crippen MR) is 73.1 cm³/mol. The lowest BCUT2D eigenvalue weighted by atomic mass is 10.0. The van der Waals surface area contributed by atoms with Crippen LogP contribution in [0.1, 0.15) is 5.56 Å². The third kappa shape index (κ3) is 1.68. The quantitative estimate of drug-likeness (QED) is 0.661. The highest BCUT2D eigenvalue weighted by molar-refractivity contribution is 7.27. The maximum Gasteiger partial charge on any atom is 0.0667 e. The minimum atomic E-state index is 0.972. The highest BCUT2D eigenvalue weighted by atomic mass is 31.0. The van der Waals surface area contributed by atoms with Gasteiger partial charge in [-0.3, -0.25) is 4.99 Å². The largest absolute Gasteiger partial charge is 0.261 e. The molecule has 0 saturated heterocycles. The van der Waals surface area contributed by atoms with E-state index in [1.807, 2.05) is 6.21 Å². The molecule has 2 heteroatoms. The number of hydrogen-bond donors (Lipinski definition) is 0. The van der Waals surface area contributed by atoms with Gasteiger partial charge in [-0.25, -0.2) is 0 Å². The number of fused-ring (bicyclic) bond motifs is 1. The van der Waals surface area contributed by atoms with E-state index in [9.17, 15) is 0 Å². The van der Waals surface area contributed by atoms with Crippen LogP contribution in [0, 0.1) is 0 Å². The fourth-order valence-corrected chi connectivity index (χ4v) is 2.15. The lowest BCUT2D eigenvalue weighted by Gasteiger charge is -2.04. The van der Waals surface area contributed by atoms with E-state index in [1.54, 1.807) is 0 Å². The van der Waals surface area contributed by atoms with Crippen LogP contribution >= 0.6 is 9.24 Å². The number of hydrogen-bond acceptors (Lipinski definition) is 1. The van der Waals surface area contributed by atoms with Gasteiger partial charge in [0.1, 0.15) is 0 Å². The molecule has 1 unspecified atom stereocenters. The Labute approximate surface area is 97.4 Å². The second-order valence-electron chi connectivity index (χ2n) is 3.98. The molecule has 2 aromatic carbocycles. The van der Waals surface area contributed by atoms with E-state index in [1.165, 1.54) is 22.0 Å². The summed E-state index contributed by atoms with van der Waals surface area (Å²) in [6, 6.07) is 15.0. The summed E-state index contributed by atoms with van der Waals surface area (Å²) in [4.78, 5) is 4.37. The highest BCUT2D eigenvalue weighted by Gasteiger charge is 2.07. The Bertz CT molecular complexity index is 555. The standard InChI is InChI=1S/C14H12NP/c16-13-5-3-10(4-6-13)12-2-1-11-7-8-15-14(11)9-12/h1-6,8-9H,7,16H2. The summed E-state index contributed by atoms with van der Waals surface area (Å²) in [6.45, 7) is 0. The van der Waals surface area contributed by atoms with Crippen molar-refractivity contribution >= 4 is 26.4 Å². The Kier molecular flexibility index (Phi) is 2.34. The monoisotopic (exact) mass is 225 g/mol. The molecule has 78 valence electrons. The van der Waals surface area contributed by atoms with Crippen LogP contribution in [-0.4, -0.2) is 6.21 Å². The van der Waals surface area contributed by atoms with Gasteiger partial charge in [-0.15, -0.1) is 9.24 Å². The minimum Gasteiger partial charge on any atom is -0.261 e. The molecular weight excluding hydrogens is 213 g/mol. The van der Waals surface area contributed by atoms with Crippen molar-refractivity contribution in [1.29, 1.82) is 0 Å². The average Bonchev–Trinajstić information content (AvgIpc) is 2.77. The molecule has 1 aliphatic heterocycles. The average molecular weight is 225 g/mol. The first-order valence-electron chi connectivity index (χ1n) is 5.34. The van der Waals surface area contributed by atoms with Gasteiger partial charge in [0.05, 0.1) is 5.69 Å². The second-order valence-corrected chi connectivity index (χ2v) is 4.65. The van der Waals surface area contributed by atoms with E-state index in [0.717, 1.165) is 12.1 Å². The van der Waals surface area contributed by atoms with Gasteiger partial charge in [-0.2, -0.15) is 0 Å². The smallest absolute Gasteiger partial charge is 0.0667 e. The first kappa shape index (κ1) is 9.74. The van der Waals surface area contributed by atoms with Crippen molar-refractivity contribution in [3.63, 3.8) is 0 Å². The SMILES string of the molecule is Pc1ccc(-c2ccc3c(c2)N=CC3)cc1. The molecule has 0 radical (unpaired) electrons. The minimum absolute atomic E-state index is 0.972. The molecule has 0 spiro atoms. The van der Waals surface area contributed by atoms with E-state index in [4.69, 9.17) is 0 Å². The zero-order chi connectivity index (χ0) is 11.0. The lowest BCUT2D eigenvalue weighted by molar-refractivity contribution is 1.41. The van der Waals surface area contributed by atoms with E-state index in [-0.39, 0.29) is 0 Å². The van der Waals surface area contributed by atoms with E-state index >= 15 is 0 Å². The number of nitrogens with zero attached hydrogens (tertiary/aromatic N) is 1.